The van der Waals surface area contributed by atoms with Gasteiger partial charge >= 0.3 is 0 Å². The van der Waals surface area contributed by atoms with Crippen molar-refractivity contribution in [3.8, 4) is 0 Å². The van der Waals surface area contributed by atoms with Gasteiger partial charge in [0.05, 0.1) is 24.9 Å². The topological polar surface area (TPSA) is 75.4 Å². The molecule has 33 heavy (non-hydrogen) atoms. The molecule has 1 aromatic heterocycles. The Hall–Kier alpha value is -2.00. The zero-order valence-corrected chi connectivity index (χ0v) is 20.2. The summed E-state index contributed by atoms with van der Waals surface area (Å²) in [7, 11) is 0. The summed E-state index contributed by atoms with van der Waals surface area (Å²) in [4.78, 5) is 27.1. The van der Waals surface area contributed by atoms with E-state index in [1.165, 1.54) is 17.8 Å². The van der Waals surface area contributed by atoms with Crippen LogP contribution in [-0.2, 0) is 16.1 Å². The van der Waals surface area contributed by atoms with Crippen LogP contribution in [-0.4, -0.2) is 55.6 Å². The standard InChI is InChI=1S/C24H28FN3O3S.ClH/c1-16(30)32-22-9-10-27(15-18(22)14-19-8-11-28(26-19)12-13-29)23(24(31)17-6-7-17)20-4-2-3-5-21(20)25;/h2-5,8,11,14,17,22-23,29H,6-7,9-10,12-13,15H2,1H3;1H/b18-14+;. The van der Waals surface area contributed by atoms with Crippen LogP contribution in [0.15, 0.2) is 42.1 Å². The average Bonchev–Trinajstić information content (AvgIpc) is 3.52. The lowest BCUT2D eigenvalue weighted by Crippen LogP contribution is -2.43. The zero-order valence-electron chi connectivity index (χ0n) is 18.5. The predicted octanol–water partition coefficient (Wildman–Crippen LogP) is 3.89. The largest absolute Gasteiger partial charge is 0.394 e. The number of hydrogen-bond acceptors (Lipinski definition) is 6. The van der Waals surface area contributed by atoms with Gasteiger partial charge in [0.1, 0.15) is 5.82 Å². The Morgan fingerprint density at radius 2 is 2.03 bits per heavy atom. The molecule has 2 fully saturated rings. The van der Waals surface area contributed by atoms with E-state index in [2.05, 4.69) is 5.10 Å². The van der Waals surface area contributed by atoms with Crippen LogP contribution in [0.25, 0.3) is 6.08 Å². The number of halogens is 2. The number of thioether (sulfide) groups is 1. The number of aliphatic hydroxyl groups is 1. The summed E-state index contributed by atoms with van der Waals surface area (Å²) < 4.78 is 16.4. The van der Waals surface area contributed by atoms with E-state index in [0.717, 1.165) is 24.1 Å². The number of likely N-dealkylation sites (tertiary alicyclic amines) is 1. The molecule has 0 bridgehead atoms. The fourth-order valence-corrected chi connectivity index (χ4v) is 5.18. The van der Waals surface area contributed by atoms with E-state index < -0.39 is 6.04 Å². The van der Waals surface area contributed by atoms with Crippen LogP contribution in [0.3, 0.4) is 0 Å². The number of rotatable bonds is 8. The molecule has 4 rings (SSSR count). The number of carbonyl (C=O) groups excluding carboxylic acids is 2. The average molecular weight is 494 g/mol. The van der Waals surface area contributed by atoms with E-state index in [4.69, 9.17) is 5.11 Å². The lowest BCUT2D eigenvalue weighted by atomic mass is 9.93. The highest BCUT2D eigenvalue weighted by atomic mass is 35.5. The smallest absolute Gasteiger partial charge is 0.186 e. The second-order valence-electron chi connectivity index (χ2n) is 8.40. The maximum absolute atomic E-state index is 14.7. The molecule has 1 saturated heterocycles. The van der Waals surface area contributed by atoms with Crippen LogP contribution in [0.5, 0.6) is 0 Å². The second kappa shape index (κ2) is 11.4. The SMILES string of the molecule is CC(=O)SC1CCN(C(C(=O)C2CC2)c2ccccc2F)C/C1=C\c1ccn(CCO)n1.Cl. The number of hydrogen-bond donors (Lipinski definition) is 1. The first kappa shape index (κ1) is 25.6. The molecule has 1 aliphatic carbocycles. The molecule has 9 heteroatoms. The summed E-state index contributed by atoms with van der Waals surface area (Å²) in [6.45, 7) is 3.05. The Balaban J connectivity index is 0.00000306. The minimum atomic E-state index is -0.623. The Labute approximate surface area is 203 Å². The molecule has 2 heterocycles. The van der Waals surface area contributed by atoms with Gasteiger partial charge in [0.2, 0.25) is 0 Å². The van der Waals surface area contributed by atoms with Gasteiger partial charge in [-0.05, 0) is 43.0 Å². The van der Waals surface area contributed by atoms with Gasteiger partial charge in [-0.2, -0.15) is 5.10 Å². The quantitative estimate of drug-likeness (QED) is 0.601. The number of nitrogens with zero attached hydrogens (tertiary/aromatic N) is 3. The van der Waals surface area contributed by atoms with E-state index in [1.54, 1.807) is 36.0 Å². The van der Waals surface area contributed by atoms with Crippen molar-refractivity contribution in [1.29, 1.82) is 0 Å². The molecular weight excluding hydrogens is 465 g/mol. The Kier molecular flexibility index (Phi) is 8.87. The van der Waals surface area contributed by atoms with Crippen molar-refractivity contribution in [2.45, 2.75) is 44.0 Å². The lowest BCUT2D eigenvalue weighted by Gasteiger charge is -2.38. The van der Waals surface area contributed by atoms with E-state index >= 15 is 0 Å². The molecule has 1 aromatic carbocycles. The van der Waals surface area contributed by atoms with Crippen LogP contribution < -0.4 is 0 Å². The number of aromatic nitrogens is 2. The number of ketones is 1. The van der Waals surface area contributed by atoms with Crippen molar-refractivity contribution in [1.82, 2.24) is 14.7 Å². The molecule has 178 valence electrons. The third-order valence-corrected chi connectivity index (χ3v) is 7.08. The number of benzene rings is 1. The first-order valence-electron chi connectivity index (χ1n) is 11.0. The lowest BCUT2D eigenvalue weighted by molar-refractivity contribution is -0.126. The van der Waals surface area contributed by atoms with Crippen molar-refractivity contribution in [3.63, 3.8) is 0 Å². The van der Waals surface area contributed by atoms with E-state index in [1.807, 2.05) is 17.0 Å². The molecule has 1 saturated carbocycles. The molecule has 0 radical (unpaired) electrons. The minimum absolute atomic E-state index is 0. The molecule has 6 nitrogen and oxygen atoms in total. The van der Waals surface area contributed by atoms with Crippen LogP contribution in [0, 0.1) is 11.7 Å². The van der Waals surface area contributed by atoms with Gasteiger partial charge in [-0.1, -0.05) is 30.0 Å². The van der Waals surface area contributed by atoms with E-state index in [-0.39, 0.29) is 46.9 Å². The number of Topliss-reactive ketones (excluding diaryl/α,β-unsaturated/α-hetero) is 1. The fraction of sp³-hybridized carbons (Fsp3) is 0.458. The van der Waals surface area contributed by atoms with Crippen molar-refractivity contribution in [2.24, 2.45) is 5.92 Å². The van der Waals surface area contributed by atoms with E-state index in [0.29, 0.717) is 31.6 Å². The summed E-state index contributed by atoms with van der Waals surface area (Å²) in [6.07, 6.45) is 6.18. The highest BCUT2D eigenvalue weighted by Crippen LogP contribution is 2.40. The van der Waals surface area contributed by atoms with Crippen molar-refractivity contribution in [2.75, 3.05) is 19.7 Å². The third-order valence-electron chi connectivity index (χ3n) is 5.92. The molecule has 2 unspecified atom stereocenters. The molecule has 2 aliphatic rings. The van der Waals surface area contributed by atoms with Gasteiger partial charge in [-0.25, -0.2) is 4.39 Å². The maximum atomic E-state index is 14.7. The van der Waals surface area contributed by atoms with Gasteiger partial charge in [0, 0.05) is 42.9 Å². The molecule has 2 atom stereocenters. The summed E-state index contributed by atoms with van der Waals surface area (Å²) >= 11 is 1.29. The Bertz CT molecular complexity index is 1020. The molecule has 1 aliphatic heterocycles. The van der Waals surface area contributed by atoms with Gasteiger partial charge < -0.3 is 5.11 Å². The summed E-state index contributed by atoms with van der Waals surface area (Å²) in [6, 6.07) is 7.76. The number of carbonyl (C=O) groups is 2. The zero-order chi connectivity index (χ0) is 22.7. The highest BCUT2D eigenvalue weighted by molar-refractivity contribution is 8.14. The Morgan fingerprint density at radius 1 is 1.27 bits per heavy atom. The normalized spacial score (nSPS) is 20.9. The molecule has 0 spiro atoms. The predicted molar refractivity (Wildman–Crippen MR) is 130 cm³/mol. The van der Waals surface area contributed by atoms with Gasteiger partial charge in [-0.3, -0.25) is 19.2 Å². The minimum Gasteiger partial charge on any atom is -0.394 e. The van der Waals surface area contributed by atoms with Crippen molar-refractivity contribution < 1.29 is 19.1 Å². The summed E-state index contributed by atoms with van der Waals surface area (Å²) in [5.41, 5.74) is 2.16. The second-order valence-corrected chi connectivity index (χ2v) is 9.78. The van der Waals surface area contributed by atoms with Crippen LogP contribution >= 0.6 is 24.2 Å². The van der Waals surface area contributed by atoms with Crippen molar-refractivity contribution in [3.05, 3.63) is 59.2 Å². The monoisotopic (exact) mass is 493 g/mol. The van der Waals surface area contributed by atoms with Crippen LogP contribution in [0.4, 0.5) is 4.39 Å². The highest BCUT2D eigenvalue weighted by Gasteiger charge is 2.41. The van der Waals surface area contributed by atoms with Gasteiger partial charge in [-0.15, -0.1) is 12.4 Å². The van der Waals surface area contributed by atoms with E-state index in [9.17, 15) is 14.0 Å². The number of piperidine rings is 1. The summed E-state index contributed by atoms with van der Waals surface area (Å²) in [5, 5.41) is 13.6. The molecule has 1 N–H and O–H groups in total. The maximum Gasteiger partial charge on any atom is 0.186 e. The molecular formula is C24H29ClFN3O3S. The third kappa shape index (κ3) is 6.32. The molecule has 0 amide bonds. The first-order chi connectivity index (χ1) is 15.5. The number of aliphatic hydroxyl groups excluding tert-OH is 1. The first-order valence-corrected chi connectivity index (χ1v) is 11.9. The Morgan fingerprint density at radius 3 is 2.70 bits per heavy atom. The van der Waals surface area contributed by atoms with Gasteiger partial charge in [0.15, 0.2) is 10.9 Å². The van der Waals surface area contributed by atoms with Crippen LogP contribution in [0.1, 0.15) is 43.5 Å². The summed E-state index contributed by atoms with van der Waals surface area (Å²) in [5.74, 6) is -0.273. The van der Waals surface area contributed by atoms with Crippen molar-refractivity contribution >= 4 is 41.1 Å². The van der Waals surface area contributed by atoms with Crippen LogP contribution in [0.2, 0.25) is 0 Å². The molecule has 2 aromatic rings. The fourth-order valence-electron chi connectivity index (χ4n) is 4.27. The van der Waals surface area contributed by atoms with Gasteiger partial charge in [0.25, 0.3) is 0 Å².